The number of H-pyrrole nitrogens is 2. The van der Waals surface area contributed by atoms with Gasteiger partial charge in [0.15, 0.2) is 0 Å². The summed E-state index contributed by atoms with van der Waals surface area (Å²) >= 11 is 0. The molecule has 0 spiro atoms. The molecule has 2 aliphatic heterocycles. The molecule has 4 radical (unpaired) electrons. The molecule has 4 nitrogen and oxygen atoms in total. The average molecular weight is 478 g/mol. The van der Waals surface area contributed by atoms with Crippen LogP contribution in [0.4, 0.5) is 0 Å². The van der Waals surface area contributed by atoms with Crippen LogP contribution in [-0.4, -0.2) is 39.7 Å². The van der Waals surface area contributed by atoms with Gasteiger partial charge in [0.05, 0.1) is 22.8 Å². The summed E-state index contributed by atoms with van der Waals surface area (Å²) in [4.78, 5) is 16.0. The Morgan fingerprint density at radius 3 is 1.26 bits per heavy atom. The standard InChI is InChI=1S/C20H14N4.Cu.Ga.H3P/c1-2-14-10-16-5-6-18(23-16)12-20-8-7-19(24-20)11-17-4-3-15(22-17)9-13(1)21-14;;;/h1-12,21-22H;;;1H3. The minimum Gasteiger partial charge on any atom is -0.355 e. The second kappa shape index (κ2) is 8.92. The largest absolute Gasteiger partial charge is 0.355 e. The molecule has 136 valence electrons. The number of aromatic amines is 2. The zero-order valence-corrected chi connectivity index (χ0v) is 19.2. The van der Waals surface area contributed by atoms with Crippen molar-refractivity contribution in [3.8, 4) is 0 Å². The topological polar surface area (TPSA) is 57.4 Å². The molecule has 0 aromatic carbocycles. The van der Waals surface area contributed by atoms with Gasteiger partial charge in [-0.05, 0) is 72.8 Å². The van der Waals surface area contributed by atoms with E-state index in [1.165, 1.54) is 0 Å². The van der Waals surface area contributed by atoms with Crippen LogP contribution < -0.4 is 0 Å². The van der Waals surface area contributed by atoms with Crippen molar-refractivity contribution in [2.75, 3.05) is 0 Å². The van der Waals surface area contributed by atoms with Gasteiger partial charge in [-0.3, -0.25) is 0 Å². The van der Waals surface area contributed by atoms with E-state index in [0.29, 0.717) is 0 Å². The molecule has 27 heavy (non-hydrogen) atoms. The van der Waals surface area contributed by atoms with E-state index in [9.17, 15) is 0 Å². The van der Waals surface area contributed by atoms with Crippen LogP contribution in [0.2, 0.25) is 0 Å². The van der Waals surface area contributed by atoms with Crippen molar-refractivity contribution in [2.24, 2.45) is 0 Å². The normalized spacial score (nSPS) is 11.3. The summed E-state index contributed by atoms with van der Waals surface area (Å²) in [5.74, 6) is 0. The summed E-state index contributed by atoms with van der Waals surface area (Å²) in [5, 5.41) is 0. The van der Waals surface area contributed by atoms with E-state index in [1.807, 2.05) is 42.5 Å². The van der Waals surface area contributed by atoms with Gasteiger partial charge in [0.25, 0.3) is 0 Å². The van der Waals surface area contributed by atoms with E-state index in [4.69, 9.17) is 0 Å². The Morgan fingerprint density at radius 2 is 0.852 bits per heavy atom. The van der Waals surface area contributed by atoms with E-state index in [-0.39, 0.29) is 46.8 Å². The van der Waals surface area contributed by atoms with Crippen LogP contribution in [0.5, 0.6) is 0 Å². The Kier molecular flexibility index (Phi) is 7.10. The molecule has 8 bridgehead atoms. The molecule has 1 atom stereocenters. The monoisotopic (exact) mass is 476 g/mol. The van der Waals surface area contributed by atoms with Crippen molar-refractivity contribution >= 4 is 76.1 Å². The number of hydrogen-bond donors (Lipinski definition) is 2. The number of nitrogens with one attached hydrogen (secondary N) is 2. The molecular weight excluding hydrogens is 460 g/mol. The minimum absolute atomic E-state index is 0. The van der Waals surface area contributed by atoms with Gasteiger partial charge in [-0.15, -0.1) is 0 Å². The SMILES string of the molecule is C1=Cc2cc3ccc(cc4ccc(cc5nc(cc1n2)C=C5)[nH]4)[nH]3.P.[Cu].[Ga]. The molecule has 0 saturated heterocycles. The minimum atomic E-state index is 0. The fraction of sp³-hybridized carbons (Fsp3) is 0. The van der Waals surface area contributed by atoms with Gasteiger partial charge >= 0.3 is 0 Å². The summed E-state index contributed by atoms with van der Waals surface area (Å²) in [5.41, 5.74) is 7.86. The molecule has 1 unspecified atom stereocenters. The molecule has 0 fully saturated rings. The zero-order valence-electron chi connectivity index (χ0n) is 14.4. The van der Waals surface area contributed by atoms with Gasteiger partial charge in [0, 0.05) is 58.9 Å². The van der Waals surface area contributed by atoms with Crippen LogP contribution in [0.25, 0.3) is 46.4 Å². The smallest absolute Gasteiger partial charge is 0.0659 e. The third-order valence-electron chi connectivity index (χ3n) is 4.04. The van der Waals surface area contributed by atoms with E-state index in [2.05, 4.69) is 50.3 Å². The molecule has 3 aromatic rings. The van der Waals surface area contributed by atoms with Crippen LogP contribution in [0, 0.1) is 0 Å². The number of fused-ring (bicyclic) bond motifs is 8. The van der Waals surface area contributed by atoms with Gasteiger partial charge < -0.3 is 9.97 Å². The summed E-state index contributed by atoms with van der Waals surface area (Å²) in [7, 11) is 0. The van der Waals surface area contributed by atoms with E-state index in [1.54, 1.807) is 0 Å². The van der Waals surface area contributed by atoms with Gasteiger partial charge in [0.1, 0.15) is 0 Å². The first-order chi connectivity index (χ1) is 11.8. The Hall–Kier alpha value is -1.81. The van der Waals surface area contributed by atoms with E-state index in [0.717, 1.165) is 44.8 Å². The third-order valence-corrected chi connectivity index (χ3v) is 4.04. The first-order valence-electron chi connectivity index (χ1n) is 7.85. The second-order valence-corrected chi connectivity index (χ2v) is 5.91. The predicted molar refractivity (Wildman–Crippen MR) is 116 cm³/mol. The van der Waals surface area contributed by atoms with Gasteiger partial charge in [-0.1, -0.05) is 0 Å². The Balaban J connectivity index is 0.000000871. The second-order valence-electron chi connectivity index (χ2n) is 5.91. The average Bonchev–Trinajstić information content (AvgIpc) is 3.32. The van der Waals surface area contributed by atoms with Crippen LogP contribution in [-0.2, 0) is 17.1 Å². The van der Waals surface area contributed by atoms with Crippen LogP contribution in [0.3, 0.4) is 0 Å². The molecule has 2 N–H and O–H groups in total. The molecule has 2 aliphatic rings. The van der Waals surface area contributed by atoms with Crippen molar-refractivity contribution in [1.29, 1.82) is 0 Å². The molecule has 0 aliphatic carbocycles. The summed E-state index contributed by atoms with van der Waals surface area (Å²) in [6.45, 7) is 0. The third kappa shape index (κ3) is 4.73. The Morgan fingerprint density at radius 1 is 0.519 bits per heavy atom. The maximum absolute atomic E-state index is 4.62. The first-order valence-corrected chi connectivity index (χ1v) is 7.85. The number of aromatic nitrogens is 4. The summed E-state index contributed by atoms with van der Waals surface area (Å²) in [6, 6.07) is 16.4. The Bertz CT molecular complexity index is 1090. The van der Waals surface area contributed by atoms with Crippen molar-refractivity contribution in [1.82, 2.24) is 19.9 Å². The number of rotatable bonds is 0. The molecular formula is C20H17CuGaN4P. The molecule has 5 rings (SSSR count). The van der Waals surface area contributed by atoms with Crippen molar-refractivity contribution in [3.63, 3.8) is 0 Å². The summed E-state index contributed by atoms with van der Waals surface area (Å²) in [6.07, 6.45) is 8.05. The number of hydrogen-bond acceptors (Lipinski definition) is 2. The Labute approximate surface area is 183 Å². The maximum Gasteiger partial charge on any atom is 0.0659 e. The molecule has 0 amide bonds. The van der Waals surface area contributed by atoms with Crippen LogP contribution >= 0.6 is 9.90 Å². The van der Waals surface area contributed by atoms with E-state index >= 15 is 0 Å². The summed E-state index contributed by atoms with van der Waals surface area (Å²) < 4.78 is 0. The van der Waals surface area contributed by atoms with Crippen molar-refractivity contribution in [2.45, 2.75) is 0 Å². The molecule has 0 saturated carbocycles. The van der Waals surface area contributed by atoms with Crippen LogP contribution in [0.15, 0.2) is 48.5 Å². The fourth-order valence-corrected chi connectivity index (χ4v) is 2.94. The molecule has 5 heterocycles. The van der Waals surface area contributed by atoms with Crippen LogP contribution in [0.1, 0.15) is 22.8 Å². The maximum atomic E-state index is 4.62. The zero-order chi connectivity index (χ0) is 15.9. The number of nitrogens with zero attached hydrogens (tertiary/aromatic N) is 2. The van der Waals surface area contributed by atoms with Crippen molar-refractivity contribution < 1.29 is 17.1 Å². The fourth-order valence-electron chi connectivity index (χ4n) is 2.94. The quantitative estimate of drug-likeness (QED) is 0.258. The molecule has 3 aromatic heterocycles. The van der Waals surface area contributed by atoms with Gasteiger partial charge in [0.2, 0.25) is 0 Å². The predicted octanol–water partition coefficient (Wildman–Crippen LogP) is 4.33. The van der Waals surface area contributed by atoms with Gasteiger partial charge in [-0.25, -0.2) is 9.97 Å². The van der Waals surface area contributed by atoms with E-state index < -0.39 is 0 Å². The van der Waals surface area contributed by atoms with Gasteiger partial charge in [-0.2, -0.15) is 9.90 Å². The molecule has 7 heteroatoms. The van der Waals surface area contributed by atoms with Crippen molar-refractivity contribution in [3.05, 3.63) is 71.3 Å². The first kappa shape index (κ1) is 21.5.